The fourth-order valence-corrected chi connectivity index (χ4v) is 1.92. The van der Waals surface area contributed by atoms with Gasteiger partial charge in [-0.2, -0.15) is 5.10 Å². The van der Waals surface area contributed by atoms with Crippen LogP contribution in [0, 0.1) is 5.41 Å². The number of hydrogen-bond donors (Lipinski definition) is 3. The van der Waals surface area contributed by atoms with Crippen LogP contribution in [0.3, 0.4) is 0 Å². The summed E-state index contributed by atoms with van der Waals surface area (Å²) in [5.41, 5.74) is 5.93. The first-order valence-electron chi connectivity index (χ1n) is 5.16. The quantitative estimate of drug-likeness (QED) is 0.673. The molecule has 86 valence electrons. The molecule has 0 bridgehead atoms. The van der Waals surface area contributed by atoms with Crippen molar-refractivity contribution in [3.05, 3.63) is 18.0 Å². The minimum atomic E-state index is -0.590. The second-order valence-corrected chi connectivity index (χ2v) is 4.61. The summed E-state index contributed by atoms with van der Waals surface area (Å²) >= 11 is 4.92. The SMILES string of the molecule is CC(NC(=O)C1(C(N)=S)CC1)c1cn[nH]c1. The number of hydrogen-bond acceptors (Lipinski definition) is 3. The summed E-state index contributed by atoms with van der Waals surface area (Å²) in [6, 6.07) is -0.0851. The Morgan fingerprint density at radius 2 is 2.44 bits per heavy atom. The van der Waals surface area contributed by atoms with Crippen LogP contribution in [0.2, 0.25) is 0 Å². The van der Waals surface area contributed by atoms with Gasteiger partial charge in [0.05, 0.1) is 22.6 Å². The van der Waals surface area contributed by atoms with Crippen molar-refractivity contribution in [2.75, 3.05) is 0 Å². The summed E-state index contributed by atoms with van der Waals surface area (Å²) < 4.78 is 0. The van der Waals surface area contributed by atoms with Gasteiger partial charge in [0, 0.05) is 11.8 Å². The summed E-state index contributed by atoms with van der Waals surface area (Å²) in [6.45, 7) is 1.90. The normalized spacial score (nSPS) is 18.8. The maximum absolute atomic E-state index is 12.0. The molecule has 0 radical (unpaired) electrons. The molecule has 2 rings (SSSR count). The van der Waals surface area contributed by atoms with E-state index in [1.54, 1.807) is 12.4 Å². The molecule has 0 aliphatic heterocycles. The molecule has 1 amide bonds. The standard InChI is InChI=1S/C10H14N4OS/c1-6(7-4-12-13-5-7)14-9(15)10(2-3-10)8(11)16/h4-6H,2-3H2,1H3,(H2,11,16)(H,12,13)(H,14,15). The molecule has 1 saturated carbocycles. The zero-order valence-corrected chi connectivity index (χ0v) is 9.80. The number of aromatic nitrogens is 2. The van der Waals surface area contributed by atoms with Gasteiger partial charge in [0.1, 0.15) is 0 Å². The minimum absolute atomic E-state index is 0.0753. The summed E-state index contributed by atoms with van der Waals surface area (Å²) in [5.74, 6) is -0.0753. The third-order valence-electron chi connectivity index (χ3n) is 3.02. The van der Waals surface area contributed by atoms with E-state index in [1.165, 1.54) is 0 Å². The van der Waals surface area contributed by atoms with E-state index in [1.807, 2.05) is 6.92 Å². The highest BCUT2D eigenvalue weighted by atomic mass is 32.1. The van der Waals surface area contributed by atoms with E-state index >= 15 is 0 Å². The van der Waals surface area contributed by atoms with Crippen LogP contribution in [-0.2, 0) is 4.79 Å². The highest BCUT2D eigenvalue weighted by molar-refractivity contribution is 7.80. The molecule has 1 heterocycles. The number of rotatable bonds is 4. The van der Waals surface area contributed by atoms with E-state index in [9.17, 15) is 4.79 Å². The second-order valence-electron chi connectivity index (χ2n) is 4.17. The Bertz CT molecular complexity index is 410. The molecule has 16 heavy (non-hydrogen) atoms. The largest absolute Gasteiger partial charge is 0.392 e. The molecule has 4 N–H and O–H groups in total. The predicted molar refractivity (Wildman–Crippen MR) is 63.6 cm³/mol. The molecule has 1 aliphatic carbocycles. The number of carbonyl (C=O) groups is 1. The number of carbonyl (C=O) groups excluding carboxylic acids is 1. The van der Waals surface area contributed by atoms with E-state index in [2.05, 4.69) is 15.5 Å². The zero-order chi connectivity index (χ0) is 11.8. The number of amides is 1. The first kappa shape index (κ1) is 11.1. The first-order chi connectivity index (χ1) is 7.56. The molecule has 1 aromatic heterocycles. The van der Waals surface area contributed by atoms with Crippen molar-refractivity contribution in [3.8, 4) is 0 Å². The number of aromatic amines is 1. The molecule has 0 spiro atoms. The number of nitrogens with zero attached hydrogens (tertiary/aromatic N) is 1. The van der Waals surface area contributed by atoms with Gasteiger partial charge in [0.15, 0.2) is 0 Å². The Labute approximate surface area is 98.8 Å². The molecule has 5 nitrogen and oxygen atoms in total. The van der Waals surface area contributed by atoms with Gasteiger partial charge < -0.3 is 11.1 Å². The molecule has 6 heteroatoms. The molecule has 0 aromatic carbocycles. The van der Waals surface area contributed by atoms with Crippen LogP contribution in [0.1, 0.15) is 31.4 Å². The first-order valence-corrected chi connectivity index (χ1v) is 5.56. The van der Waals surface area contributed by atoms with E-state index in [4.69, 9.17) is 18.0 Å². The Morgan fingerprint density at radius 3 is 2.88 bits per heavy atom. The lowest BCUT2D eigenvalue weighted by Gasteiger charge is -2.17. The van der Waals surface area contributed by atoms with Crippen molar-refractivity contribution in [2.24, 2.45) is 11.1 Å². The lowest BCUT2D eigenvalue weighted by atomic mass is 10.1. The Balaban J connectivity index is 2.01. The van der Waals surface area contributed by atoms with Gasteiger partial charge in [-0.25, -0.2) is 0 Å². The summed E-state index contributed by atoms with van der Waals surface area (Å²) in [4.78, 5) is 12.3. The van der Waals surface area contributed by atoms with Crippen LogP contribution in [-0.4, -0.2) is 21.1 Å². The van der Waals surface area contributed by atoms with Gasteiger partial charge in [-0.1, -0.05) is 12.2 Å². The maximum atomic E-state index is 12.0. The fourth-order valence-electron chi connectivity index (χ4n) is 1.63. The molecular formula is C10H14N4OS. The summed E-state index contributed by atoms with van der Waals surface area (Å²) in [7, 11) is 0. The van der Waals surface area contributed by atoms with Crippen molar-refractivity contribution >= 4 is 23.1 Å². The van der Waals surface area contributed by atoms with Crippen molar-refractivity contribution in [2.45, 2.75) is 25.8 Å². The van der Waals surface area contributed by atoms with Crippen molar-refractivity contribution in [1.82, 2.24) is 15.5 Å². The van der Waals surface area contributed by atoms with Gasteiger partial charge in [0.25, 0.3) is 0 Å². The lowest BCUT2D eigenvalue weighted by Crippen LogP contribution is -2.40. The van der Waals surface area contributed by atoms with Crippen molar-refractivity contribution in [1.29, 1.82) is 0 Å². The molecule has 1 aromatic rings. The third-order valence-corrected chi connectivity index (χ3v) is 3.41. The smallest absolute Gasteiger partial charge is 0.233 e. The molecular weight excluding hydrogens is 224 g/mol. The van der Waals surface area contributed by atoms with Crippen LogP contribution >= 0.6 is 12.2 Å². The summed E-state index contributed by atoms with van der Waals surface area (Å²) in [6.07, 6.45) is 4.95. The van der Waals surface area contributed by atoms with Crippen molar-refractivity contribution < 1.29 is 4.79 Å². The average molecular weight is 238 g/mol. The molecule has 1 unspecified atom stereocenters. The maximum Gasteiger partial charge on any atom is 0.233 e. The van der Waals surface area contributed by atoms with E-state index in [-0.39, 0.29) is 11.9 Å². The topological polar surface area (TPSA) is 83.8 Å². The third kappa shape index (κ3) is 1.80. The highest BCUT2D eigenvalue weighted by Gasteiger charge is 2.52. The molecule has 1 aliphatic rings. The Hall–Kier alpha value is -1.43. The van der Waals surface area contributed by atoms with Crippen LogP contribution in [0.25, 0.3) is 0 Å². The predicted octanol–water partition coefficient (Wildman–Crippen LogP) is 0.653. The average Bonchev–Trinajstić information content (AvgIpc) is 2.87. The summed E-state index contributed by atoms with van der Waals surface area (Å²) in [5, 5.41) is 9.45. The lowest BCUT2D eigenvalue weighted by molar-refractivity contribution is -0.124. The van der Waals surface area contributed by atoms with E-state index in [0.29, 0.717) is 4.99 Å². The fraction of sp³-hybridized carbons (Fsp3) is 0.500. The van der Waals surface area contributed by atoms with Gasteiger partial charge in [-0.15, -0.1) is 0 Å². The van der Waals surface area contributed by atoms with Gasteiger partial charge in [-0.05, 0) is 19.8 Å². The number of thiocarbonyl (C=S) groups is 1. The molecule has 1 atom stereocenters. The van der Waals surface area contributed by atoms with E-state index in [0.717, 1.165) is 18.4 Å². The zero-order valence-electron chi connectivity index (χ0n) is 8.99. The molecule has 0 saturated heterocycles. The van der Waals surface area contributed by atoms with Gasteiger partial charge in [-0.3, -0.25) is 9.89 Å². The van der Waals surface area contributed by atoms with Crippen LogP contribution in [0.4, 0.5) is 0 Å². The van der Waals surface area contributed by atoms with Crippen molar-refractivity contribution in [3.63, 3.8) is 0 Å². The number of nitrogens with one attached hydrogen (secondary N) is 2. The number of H-pyrrole nitrogens is 1. The van der Waals surface area contributed by atoms with Gasteiger partial charge in [0.2, 0.25) is 5.91 Å². The second kappa shape index (κ2) is 3.86. The van der Waals surface area contributed by atoms with Crippen LogP contribution < -0.4 is 11.1 Å². The number of nitrogens with two attached hydrogens (primary N) is 1. The Kier molecular flexibility index (Phi) is 2.67. The van der Waals surface area contributed by atoms with E-state index < -0.39 is 5.41 Å². The highest BCUT2D eigenvalue weighted by Crippen LogP contribution is 2.46. The van der Waals surface area contributed by atoms with Crippen LogP contribution in [0.15, 0.2) is 12.4 Å². The minimum Gasteiger partial charge on any atom is -0.392 e. The monoisotopic (exact) mass is 238 g/mol. The van der Waals surface area contributed by atoms with Crippen LogP contribution in [0.5, 0.6) is 0 Å². The molecule has 1 fully saturated rings. The van der Waals surface area contributed by atoms with Gasteiger partial charge >= 0.3 is 0 Å². The Morgan fingerprint density at radius 1 is 1.75 bits per heavy atom.